The van der Waals surface area contributed by atoms with Crippen LogP contribution in [0.4, 0.5) is 0 Å². The van der Waals surface area contributed by atoms with E-state index in [1.165, 1.54) is 0 Å². The van der Waals surface area contributed by atoms with Crippen LogP contribution in [0.25, 0.3) is 10.9 Å². The summed E-state index contributed by atoms with van der Waals surface area (Å²) in [6.45, 7) is 2.76. The van der Waals surface area contributed by atoms with Crippen LogP contribution >= 0.6 is 0 Å². The third kappa shape index (κ3) is 2.34. The fourth-order valence-corrected chi connectivity index (χ4v) is 3.06. The summed E-state index contributed by atoms with van der Waals surface area (Å²) >= 11 is 0. The van der Waals surface area contributed by atoms with Gasteiger partial charge in [-0.2, -0.15) is 5.10 Å². The highest BCUT2D eigenvalue weighted by atomic mass is 16.5. The van der Waals surface area contributed by atoms with Crippen LogP contribution in [-0.2, 0) is 18.2 Å². The van der Waals surface area contributed by atoms with E-state index in [2.05, 4.69) is 17.2 Å². The molecule has 2 atom stereocenters. The summed E-state index contributed by atoms with van der Waals surface area (Å²) in [7, 11) is 1.94. The molecule has 1 fully saturated rings. The van der Waals surface area contributed by atoms with E-state index in [9.17, 15) is 5.11 Å². The summed E-state index contributed by atoms with van der Waals surface area (Å²) in [6, 6.07) is 8.14. The maximum atomic E-state index is 10.6. The molecule has 1 aromatic heterocycles. The zero-order valence-electron chi connectivity index (χ0n) is 12.2. The summed E-state index contributed by atoms with van der Waals surface area (Å²) in [5, 5.41) is 16.3. The van der Waals surface area contributed by atoms with E-state index in [1.807, 2.05) is 30.8 Å². The molecular weight excluding hydrogens is 252 g/mol. The maximum absolute atomic E-state index is 10.6. The zero-order valence-corrected chi connectivity index (χ0v) is 12.2. The minimum Gasteiger partial charge on any atom is -0.390 e. The lowest BCUT2D eigenvalue weighted by molar-refractivity contribution is -0.135. The molecule has 2 aromatic rings. The number of hydrogen-bond acceptors (Lipinski definition) is 3. The van der Waals surface area contributed by atoms with Crippen molar-refractivity contribution in [1.82, 2.24) is 9.78 Å². The van der Waals surface area contributed by atoms with Crippen LogP contribution in [0.15, 0.2) is 24.3 Å². The van der Waals surface area contributed by atoms with E-state index < -0.39 is 11.7 Å². The lowest BCUT2D eigenvalue weighted by Gasteiger charge is -2.37. The largest absolute Gasteiger partial charge is 0.390 e. The summed E-state index contributed by atoms with van der Waals surface area (Å²) in [6.07, 6.45) is 3.16. The maximum Gasteiger partial charge on any atom is 0.0916 e. The van der Waals surface area contributed by atoms with Crippen LogP contribution in [0.1, 0.15) is 31.9 Å². The van der Waals surface area contributed by atoms with E-state index in [1.54, 1.807) is 0 Å². The third-order valence-corrected chi connectivity index (χ3v) is 4.43. The molecule has 2 unspecified atom stereocenters. The van der Waals surface area contributed by atoms with Gasteiger partial charge in [0, 0.05) is 25.5 Å². The van der Waals surface area contributed by atoms with E-state index in [0.717, 1.165) is 42.5 Å². The Kier molecular flexibility index (Phi) is 3.52. The Hall–Kier alpha value is -1.39. The number of aliphatic hydroxyl groups is 1. The third-order valence-electron chi connectivity index (χ3n) is 4.43. The normalized spacial score (nSPS) is 24.9. The van der Waals surface area contributed by atoms with Gasteiger partial charge in [0.25, 0.3) is 0 Å². The number of aliphatic hydroxyl groups excluding tert-OH is 1. The quantitative estimate of drug-likeness (QED) is 0.935. The van der Waals surface area contributed by atoms with Gasteiger partial charge in [-0.15, -0.1) is 0 Å². The van der Waals surface area contributed by atoms with Gasteiger partial charge < -0.3 is 9.84 Å². The molecule has 0 amide bonds. The fourth-order valence-electron chi connectivity index (χ4n) is 3.06. The number of aryl methyl sites for hydroxylation is 1. The van der Waals surface area contributed by atoms with Gasteiger partial charge in [-0.1, -0.05) is 18.2 Å². The number of benzene rings is 1. The minimum absolute atomic E-state index is 0.434. The molecule has 0 saturated carbocycles. The monoisotopic (exact) mass is 274 g/mol. The number of hydrogen-bond donors (Lipinski definition) is 1. The highest BCUT2D eigenvalue weighted by molar-refractivity contribution is 5.81. The second-order valence-corrected chi connectivity index (χ2v) is 5.93. The van der Waals surface area contributed by atoms with Crippen molar-refractivity contribution in [2.45, 2.75) is 44.3 Å². The minimum atomic E-state index is -0.513. The van der Waals surface area contributed by atoms with Gasteiger partial charge in [0.15, 0.2) is 0 Å². The average molecular weight is 274 g/mol. The first-order valence-corrected chi connectivity index (χ1v) is 7.33. The SMILES string of the molecule is Cn1nc(CC(O)C2(C)CCCCO2)c2ccccc21. The standard InChI is InChI=1S/C16H22N2O2/c1-16(9-5-6-10-20-16)15(19)11-13-12-7-3-4-8-14(12)18(2)17-13/h3-4,7-8,15,19H,5-6,9-11H2,1-2H3. The highest BCUT2D eigenvalue weighted by Crippen LogP contribution is 2.30. The second-order valence-electron chi connectivity index (χ2n) is 5.93. The molecule has 108 valence electrons. The highest BCUT2D eigenvalue weighted by Gasteiger charge is 2.36. The van der Waals surface area contributed by atoms with Gasteiger partial charge in [-0.25, -0.2) is 0 Å². The molecule has 1 N–H and O–H groups in total. The second kappa shape index (κ2) is 5.19. The number of rotatable bonds is 3. The molecule has 1 aliphatic rings. The Morgan fingerprint density at radius 2 is 2.20 bits per heavy atom. The lowest BCUT2D eigenvalue weighted by atomic mass is 9.87. The Labute approximate surface area is 119 Å². The van der Waals surface area contributed by atoms with Crippen molar-refractivity contribution in [3.05, 3.63) is 30.0 Å². The smallest absolute Gasteiger partial charge is 0.0916 e. The first-order valence-electron chi connectivity index (χ1n) is 7.33. The van der Waals surface area contributed by atoms with E-state index >= 15 is 0 Å². The van der Waals surface area contributed by atoms with Crippen LogP contribution < -0.4 is 0 Å². The van der Waals surface area contributed by atoms with E-state index in [4.69, 9.17) is 4.74 Å². The molecule has 1 saturated heterocycles. The number of aromatic nitrogens is 2. The van der Waals surface area contributed by atoms with Crippen molar-refractivity contribution in [3.63, 3.8) is 0 Å². The Bertz CT molecular complexity index is 600. The Morgan fingerprint density at radius 3 is 2.95 bits per heavy atom. The van der Waals surface area contributed by atoms with Gasteiger partial charge in [0.2, 0.25) is 0 Å². The Balaban J connectivity index is 1.85. The van der Waals surface area contributed by atoms with Crippen LogP contribution in [-0.4, -0.2) is 33.2 Å². The topological polar surface area (TPSA) is 47.3 Å². The van der Waals surface area contributed by atoms with Crippen LogP contribution in [0.5, 0.6) is 0 Å². The lowest BCUT2D eigenvalue weighted by Crippen LogP contribution is -2.45. The predicted octanol–water partition coefficient (Wildman–Crippen LogP) is 2.44. The predicted molar refractivity (Wildman–Crippen MR) is 78.6 cm³/mol. The van der Waals surface area contributed by atoms with Crippen molar-refractivity contribution in [2.75, 3.05) is 6.61 Å². The van der Waals surface area contributed by atoms with Gasteiger partial charge in [0.05, 0.1) is 22.9 Å². The van der Waals surface area contributed by atoms with E-state index in [-0.39, 0.29) is 0 Å². The first kappa shape index (κ1) is 13.6. The van der Waals surface area contributed by atoms with Crippen molar-refractivity contribution in [2.24, 2.45) is 7.05 Å². The summed E-state index contributed by atoms with van der Waals surface area (Å²) < 4.78 is 7.71. The van der Waals surface area contributed by atoms with E-state index in [0.29, 0.717) is 6.42 Å². The molecule has 0 spiro atoms. The molecule has 3 rings (SSSR count). The van der Waals surface area contributed by atoms with Crippen LogP contribution in [0.2, 0.25) is 0 Å². The Morgan fingerprint density at radius 1 is 1.40 bits per heavy atom. The fraction of sp³-hybridized carbons (Fsp3) is 0.562. The molecule has 0 aliphatic carbocycles. The number of ether oxygens (including phenoxy) is 1. The molecule has 0 bridgehead atoms. The summed E-state index contributed by atoms with van der Waals surface area (Å²) in [5.41, 5.74) is 1.62. The molecule has 0 radical (unpaired) electrons. The number of nitrogens with zero attached hydrogens (tertiary/aromatic N) is 2. The molecular formula is C16H22N2O2. The van der Waals surface area contributed by atoms with Crippen molar-refractivity contribution in [3.8, 4) is 0 Å². The molecule has 4 heteroatoms. The van der Waals surface area contributed by atoms with Gasteiger partial charge >= 0.3 is 0 Å². The number of fused-ring (bicyclic) bond motifs is 1. The average Bonchev–Trinajstić information content (AvgIpc) is 2.77. The number of para-hydroxylation sites is 1. The molecule has 20 heavy (non-hydrogen) atoms. The first-order chi connectivity index (χ1) is 9.60. The summed E-state index contributed by atoms with van der Waals surface area (Å²) in [5.74, 6) is 0. The van der Waals surface area contributed by atoms with Crippen LogP contribution in [0, 0.1) is 0 Å². The molecule has 4 nitrogen and oxygen atoms in total. The van der Waals surface area contributed by atoms with Crippen molar-refractivity contribution in [1.29, 1.82) is 0 Å². The molecule has 1 aliphatic heterocycles. The summed E-state index contributed by atoms with van der Waals surface area (Å²) in [4.78, 5) is 0. The van der Waals surface area contributed by atoms with Crippen molar-refractivity contribution < 1.29 is 9.84 Å². The molecule has 2 heterocycles. The van der Waals surface area contributed by atoms with Gasteiger partial charge in [0.1, 0.15) is 0 Å². The molecule has 1 aromatic carbocycles. The zero-order chi connectivity index (χ0) is 14.2. The van der Waals surface area contributed by atoms with Gasteiger partial charge in [-0.3, -0.25) is 4.68 Å². The van der Waals surface area contributed by atoms with Crippen LogP contribution in [0.3, 0.4) is 0 Å². The van der Waals surface area contributed by atoms with Crippen molar-refractivity contribution >= 4 is 10.9 Å². The van der Waals surface area contributed by atoms with Gasteiger partial charge in [-0.05, 0) is 32.3 Å².